The second-order valence-corrected chi connectivity index (χ2v) is 7.00. The van der Waals surface area contributed by atoms with Gasteiger partial charge in [0, 0.05) is 24.8 Å². The van der Waals surface area contributed by atoms with Crippen LogP contribution in [0.1, 0.15) is 23.1 Å². The summed E-state index contributed by atoms with van der Waals surface area (Å²) < 4.78 is 38.2. The second kappa shape index (κ2) is 7.08. The number of nitrogens with zero attached hydrogens (tertiary/aromatic N) is 1. The predicted molar refractivity (Wildman–Crippen MR) is 94.6 cm³/mol. The van der Waals surface area contributed by atoms with Gasteiger partial charge in [-0.3, -0.25) is 0 Å². The molecule has 2 atom stereocenters. The van der Waals surface area contributed by atoms with Crippen LogP contribution in [0.3, 0.4) is 0 Å². The number of benzene rings is 2. The molecule has 0 saturated carbocycles. The second-order valence-electron chi connectivity index (χ2n) is 7.00. The number of piperidine rings is 1. The Balaban J connectivity index is 1.70. The first-order valence-corrected chi connectivity index (χ1v) is 8.54. The maximum absolute atomic E-state index is 12.7. The molecule has 1 fully saturated rings. The number of alkyl halides is 3. The molecule has 1 aliphatic heterocycles. The van der Waals surface area contributed by atoms with E-state index in [0.717, 1.165) is 37.2 Å². The summed E-state index contributed by atoms with van der Waals surface area (Å²) in [5.41, 5.74) is 8.90. The summed E-state index contributed by atoms with van der Waals surface area (Å²) in [5.74, 6) is 0.397. The molecule has 134 valence electrons. The van der Waals surface area contributed by atoms with Crippen LogP contribution in [0.4, 0.5) is 18.9 Å². The number of aryl methyl sites for hydroxylation is 1. The van der Waals surface area contributed by atoms with Gasteiger partial charge in [-0.15, -0.1) is 0 Å². The molecular formula is C20H23F3N2. The van der Waals surface area contributed by atoms with Gasteiger partial charge in [-0.05, 0) is 55.5 Å². The van der Waals surface area contributed by atoms with E-state index in [1.165, 1.54) is 11.1 Å². The molecule has 0 radical (unpaired) electrons. The van der Waals surface area contributed by atoms with E-state index < -0.39 is 11.7 Å². The number of halogens is 3. The van der Waals surface area contributed by atoms with E-state index in [1.807, 2.05) is 0 Å². The lowest BCUT2D eigenvalue weighted by atomic mass is 9.88. The smallest absolute Gasteiger partial charge is 0.370 e. The molecule has 1 saturated heterocycles. The lowest BCUT2D eigenvalue weighted by Gasteiger charge is -2.38. The van der Waals surface area contributed by atoms with E-state index in [4.69, 9.17) is 5.73 Å². The van der Waals surface area contributed by atoms with Crippen LogP contribution >= 0.6 is 0 Å². The van der Waals surface area contributed by atoms with Crippen molar-refractivity contribution >= 4 is 5.69 Å². The SMILES string of the molecule is Cc1ccc(CC2CC(N)CN(c3ccc(C(F)(F)F)cc3)C2)cc1. The van der Waals surface area contributed by atoms with Crippen molar-refractivity contribution in [3.63, 3.8) is 0 Å². The van der Waals surface area contributed by atoms with Crippen LogP contribution in [0.2, 0.25) is 0 Å². The number of hydrogen-bond donors (Lipinski definition) is 1. The molecule has 0 amide bonds. The monoisotopic (exact) mass is 348 g/mol. The van der Waals surface area contributed by atoms with Gasteiger partial charge in [0.25, 0.3) is 0 Å². The Hall–Kier alpha value is -2.01. The Kier molecular flexibility index (Phi) is 5.04. The molecule has 2 unspecified atom stereocenters. The summed E-state index contributed by atoms with van der Waals surface area (Å²) in [4.78, 5) is 2.10. The molecule has 0 aromatic heterocycles. The molecule has 0 spiro atoms. The van der Waals surface area contributed by atoms with E-state index in [1.54, 1.807) is 12.1 Å². The zero-order chi connectivity index (χ0) is 18.0. The topological polar surface area (TPSA) is 29.3 Å². The van der Waals surface area contributed by atoms with Gasteiger partial charge >= 0.3 is 6.18 Å². The summed E-state index contributed by atoms with van der Waals surface area (Å²) in [7, 11) is 0. The van der Waals surface area contributed by atoms with E-state index in [2.05, 4.69) is 36.1 Å². The minimum Gasteiger partial charge on any atom is -0.370 e. The third kappa shape index (κ3) is 4.54. The minimum atomic E-state index is -4.30. The van der Waals surface area contributed by atoms with E-state index in [9.17, 15) is 13.2 Å². The largest absolute Gasteiger partial charge is 0.416 e. The average Bonchev–Trinajstić information content (AvgIpc) is 2.56. The third-order valence-corrected chi connectivity index (χ3v) is 4.77. The molecule has 2 aromatic rings. The van der Waals surface area contributed by atoms with Gasteiger partial charge in [-0.25, -0.2) is 0 Å². The summed E-state index contributed by atoms with van der Waals surface area (Å²) >= 11 is 0. The first-order chi connectivity index (χ1) is 11.8. The van der Waals surface area contributed by atoms with E-state index in [-0.39, 0.29) is 6.04 Å². The maximum atomic E-state index is 12.7. The molecule has 2 aromatic carbocycles. The first kappa shape index (κ1) is 17.8. The van der Waals surface area contributed by atoms with Crippen molar-refractivity contribution in [3.05, 3.63) is 65.2 Å². The summed E-state index contributed by atoms with van der Waals surface area (Å²) in [6.07, 6.45) is -2.43. The van der Waals surface area contributed by atoms with Gasteiger partial charge in [0.2, 0.25) is 0 Å². The van der Waals surface area contributed by atoms with Gasteiger partial charge in [-0.2, -0.15) is 13.2 Å². The van der Waals surface area contributed by atoms with Crippen LogP contribution in [0.25, 0.3) is 0 Å². The highest BCUT2D eigenvalue weighted by Gasteiger charge is 2.31. The molecule has 25 heavy (non-hydrogen) atoms. The zero-order valence-electron chi connectivity index (χ0n) is 14.3. The number of rotatable bonds is 3. The van der Waals surface area contributed by atoms with Crippen molar-refractivity contribution in [1.82, 2.24) is 0 Å². The van der Waals surface area contributed by atoms with Crippen molar-refractivity contribution in [3.8, 4) is 0 Å². The number of hydrogen-bond acceptors (Lipinski definition) is 2. The lowest BCUT2D eigenvalue weighted by molar-refractivity contribution is -0.137. The molecule has 2 nitrogen and oxygen atoms in total. The van der Waals surface area contributed by atoms with Gasteiger partial charge < -0.3 is 10.6 Å². The van der Waals surface area contributed by atoms with Crippen LogP contribution in [-0.2, 0) is 12.6 Å². The summed E-state index contributed by atoms with van der Waals surface area (Å²) in [6.45, 7) is 3.55. The predicted octanol–water partition coefficient (Wildman–Crippen LogP) is 4.41. The highest BCUT2D eigenvalue weighted by Crippen LogP contribution is 2.32. The van der Waals surface area contributed by atoms with Crippen LogP contribution in [0, 0.1) is 12.8 Å². The Labute approximate surface area is 146 Å². The van der Waals surface area contributed by atoms with Crippen LogP contribution < -0.4 is 10.6 Å². The normalized spacial score (nSPS) is 21.4. The summed E-state index contributed by atoms with van der Waals surface area (Å²) in [6, 6.07) is 13.9. The molecule has 3 rings (SSSR count). The van der Waals surface area contributed by atoms with Gasteiger partial charge in [-0.1, -0.05) is 29.8 Å². The fraction of sp³-hybridized carbons (Fsp3) is 0.400. The first-order valence-electron chi connectivity index (χ1n) is 8.54. The summed E-state index contributed by atoms with van der Waals surface area (Å²) in [5, 5.41) is 0. The third-order valence-electron chi connectivity index (χ3n) is 4.77. The van der Waals surface area contributed by atoms with Gasteiger partial charge in [0.1, 0.15) is 0 Å². The Morgan fingerprint density at radius 1 is 1.00 bits per heavy atom. The molecule has 5 heteroatoms. The van der Waals surface area contributed by atoms with Crippen molar-refractivity contribution in [2.24, 2.45) is 11.7 Å². The quantitative estimate of drug-likeness (QED) is 0.890. The minimum absolute atomic E-state index is 0.0338. The van der Waals surface area contributed by atoms with Crippen LogP contribution in [0.5, 0.6) is 0 Å². The van der Waals surface area contributed by atoms with Crippen LogP contribution in [-0.4, -0.2) is 19.1 Å². The lowest BCUT2D eigenvalue weighted by Crippen LogP contribution is -2.47. The van der Waals surface area contributed by atoms with Crippen molar-refractivity contribution in [2.45, 2.75) is 32.0 Å². The van der Waals surface area contributed by atoms with Gasteiger partial charge in [0.05, 0.1) is 5.56 Å². The van der Waals surface area contributed by atoms with Crippen molar-refractivity contribution in [1.29, 1.82) is 0 Å². The Bertz CT molecular complexity index is 692. The average molecular weight is 348 g/mol. The van der Waals surface area contributed by atoms with Crippen LogP contribution in [0.15, 0.2) is 48.5 Å². The highest BCUT2D eigenvalue weighted by molar-refractivity contribution is 5.49. The molecule has 2 N–H and O–H groups in total. The fourth-order valence-electron chi connectivity index (χ4n) is 3.52. The molecule has 1 heterocycles. The molecule has 0 aliphatic carbocycles. The van der Waals surface area contributed by atoms with Gasteiger partial charge in [0.15, 0.2) is 0 Å². The maximum Gasteiger partial charge on any atom is 0.416 e. The molecule has 1 aliphatic rings. The Morgan fingerprint density at radius 3 is 2.24 bits per heavy atom. The van der Waals surface area contributed by atoms with E-state index in [0.29, 0.717) is 12.5 Å². The van der Waals surface area contributed by atoms with Crippen molar-refractivity contribution < 1.29 is 13.2 Å². The number of anilines is 1. The van der Waals surface area contributed by atoms with Crippen molar-refractivity contribution in [2.75, 3.05) is 18.0 Å². The van der Waals surface area contributed by atoms with E-state index >= 15 is 0 Å². The zero-order valence-corrected chi connectivity index (χ0v) is 14.3. The number of nitrogens with two attached hydrogens (primary N) is 1. The fourth-order valence-corrected chi connectivity index (χ4v) is 3.52. The Morgan fingerprint density at radius 2 is 1.64 bits per heavy atom. The molecule has 0 bridgehead atoms. The highest BCUT2D eigenvalue weighted by atomic mass is 19.4. The standard InChI is InChI=1S/C20H23F3N2/c1-14-2-4-15(5-3-14)10-16-11-18(24)13-25(12-16)19-8-6-17(7-9-19)20(21,22)23/h2-9,16,18H,10-13,24H2,1H3. The molecular weight excluding hydrogens is 325 g/mol.